The fourth-order valence-corrected chi connectivity index (χ4v) is 2.89. The molecule has 0 saturated heterocycles. The van der Waals surface area contributed by atoms with Gasteiger partial charge >= 0.3 is 11.9 Å². The molecule has 6 atom stereocenters. The van der Waals surface area contributed by atoms with E-state index in [0.29, 0.717) is 32.2 Å². The Labute approximate surface area is 192 Å². The molecule has 0 aromatic rings. The van der Waals surface area contributed by atoms with Crippen molar-refractivity contribution < 1.29 is 39.3 Å². The number of aliphatic hydroxyl groups is 1. The summed E-state index contributed by atoms with van der Waals surface area (Å²) in [5.41, 5.74) is 11.3. The smallest absolute Gasteiger partial charge is 0.326 e. The Hall–Kier alpha value is -2.77. The summed E-state index contributed by atoms with van der Waals surface area (Å²) in [6, 6.07) is -5.29. The first-order valence-electron chi connectivity index (χ1n) is 10.8. The number of rotatable bonds is 16. The molecule has 190 valence electrons. The van der Waals surface area contributed by atoms with Crippen LogP contribution in [0.5, 0.6) is 0 Å². The highest BCUT2D eigenvalue weighted by Gasteiger charge is 2.34. The van der Waals surface area contributed by atoms with Crippen molar-refractivity contribution >= 4 is 29.7 Å². The van der Waals surface area contributed by atoms with Crippen LogP contribution in [-0.2, 0) is 24.0 Å². The van der Waals surface area contributed by atoms with Crippen LogP contribution in [0.1, 0.15) is 52.9 Å². The Morgan fingerprint density at radius 1 is 0.879 bits per heavy atom. The molecule has 0 radical (unpaired) electrons. The van der Waals surface area contributed by atoms with E-state index in [-0.39, 0.29) is 5.92 Å². The maximum absolute atomic E-state index is 12.9. The number of carboxylic acids is 2. The van der Waals surface area contributed by atoms with Crippen molar-refractivity contribution in [2.75, 3.05) is 6.54 Å². The quantitative estimate of drug-likeness (QED) is 0.113. The van der Waals surface area contributed by atoms with Gasteiger partial charge in [0.25, 0.3) is 0 Å². The van der Waals surface area contributed by atoms with Crippen LogP contribution >= 0.6 is 0 Å². The highest BCUT2D eigenvalue weighted by Crippen LogP contribution is 2.10. The van der Waals surface area contributed by atoms with Gasteiger partial charge in [-0.05, 0) is 32.2 Å². The Kier molecular flexibility index (Phi) is 13.9. The minimum absolute atomic E-state index is 0.360. The summed E-state index contributed by atoms with van der Waals surface area (Å²) < 4.78 is 0. The molecule has 0 aromatic carbocycles. The molecule has 10 N–H and O–H groups in total. The molecule has 0 aromatic heterocycles. The lowest BCUT2D eigenvalue weighted by atomic mass is 9.96. The van der Waals surface area contributed by atoms with Crippen molar-refractivity contribution in [3.05, 3.63) is 0 Å². The lowest BCUT2D eigenvalue weighted by Gasteiger charge is -2.28. The minimum atomic E-state index is -1.76. The predicted molar refractivity (Wildman–Crippen MR) is 118 cm³/mol. The summed E-state index contributed by atoms with van der Waals surface area (Å²) in [6.07, 6.45) is -0.144. The van der Waals surface area contributed by atoms with Crippen molar-refractivity contribution in [2.24, 2.45) is 17.4 Å². The molecule has 0 fully saturated rings. The van der Waals surface area contributed by atoms with Gasteiger partial charge in [0, 0.05) is 0 Å². The van der Waals surface area contributed by atoms with Gasteiger partial charge in [-0.25, -0.2) is 4.79 Å². The van der Waals surface area contributed by atoms with Gasteiger partial charge in [0.2, 0.25) is 17.7 Å². The summed E-state index contributed by atoms with van der Waals surface area (Å²) in [5.74, 6) is -5.82. The van der Waals surface area contributed by atoms with E-state index in [1.54, 1.807) is 13.8 Å². The highest BCUT2D eigenvalue weighted by molar-refractivity contribution is 5.95. The average molecular weight is 476 g/mol. The van der Waals surface area contributed by atoms with Crippen LogP contribution in [-0.4, -0.2) is 81.8 Å². The molecule has 6 unspecified atom stereocenters. The van der Waals surface area contributed by atoms with E-state index in [2.05, 4.69) is 10.6 Å². The second kappa shape index (κ2) is 15.1. The first-order valence-corrected chi connectivity index (χ1v) is 10.8. The Balaban J connectivity index is 5.41. The van der Waals surface area contributed by atoms with Crippen molar-refractivity contribution in [2.45, 2.75) is 83.1 Å². The number of aliphatic carboxylic acids is 2. The number of carbonyl (C=O) groups is 5. The van der Waals surface area contributed by atoms with Gasteiger partial charge in [0.15, 0.2) is 0 Å². The van der Waals surface area contributed by atoms with Crippen LogP contribution in [0, 0.1) is 5.92 Å². The van der Waals surface area contributed by atoms with E-state index >= 15 is 0 Å². The summed E-state index contributed by atoms with van der Waals surface area (Å²) in [5, 5.41) is 34.8. The molecule has 3 amide bonds. The third-order valence-corrected chi connectivity index (χ3v) is 5.16. The number of hydrogen-bond acceptors (Lipinski definition) is 8. The third-order valence-electron chi connectivity index (χ3n) is 5.16. The van der Waals surface area contributed by atoms with Crippen molar-refractivity contribution in [3.8, 4) is 0 Å². The molecule has 0 aliphatic heterocycles. The molecule has 13 nitrogen and oxygen atoms in total. The van der Waals surface area contributed by atoms with Gasteiger partial charge in [-0.1, -0.05) is 26.7 Å². The van der Waals surface area contributed by atoms with Gasteiger partial charge in [-0.3, -0.25) is 19.2 Å². The molecule has 33 heavy (non-hydrogen) atoms. The van der Waals surface area contributed by atoms with E-state index < -0.39 is 66.4 Å². The Morgan fingerprint density at radius 3 is 1.88 bits per heavy atom. The standard InChI is InChI=1S/C20H37N5O8/c1-4-10(2)15(24-17(29)12(22)7-5-6-8-21)18(30)25-16(11(3)26)19(31)23-13(20(32)33)9-14(27)28/h10-13,15-16,26H,4-9,21-22H2,1-3H3,(H,23,31)(H,24,29)(H,25,30)(H,27,28)(H,32,33). The summed E-state index contributed by atoms with van der Waals surface area (Å²) in [7, 11) is 0. The highest BCUT2D eigenvalue weighted by atomic mass is 16.4. The fourth-order valence-electron chi connectivity index (χ4n) is 2.89. The van der Waals surface area contributed by atoms with E-state index in [0.717, 1.165) is 0 Å². The summed E-state index contributed by atoms with van der Waals surface area (Å²) >= 11 is 0. The first kappa shape index (κ1) is 30.2. The molecular weight excluding hydrogens is 438 g/mol. The van der Waals surface area contributed by atoms with Crippen LogP contribution in [0.25, 0.3) is 0 Å². The number of carbonyl (C=O) groups excluding carboxylic acids is 3. The van der Waals surface area contributed by atoms with E-state index in [4.69, 9.17) is 21.7 Å². The maximum Gasteiger partial charge on any atom is 0.326 e. The number of amides is 3. The van der Waals surface area contributed by atoms with Gasteiger partial charge in [0.05, 0.1) is 18.6 Å². The maximum atomic E-state index is 12.9. The van der Waals surface area contributed by atoms with Crippen LogP contribution < -0.4 is 27.4 Å². The summed E-state index contributed by atoms with van der Waals surface area (Å²) in [4.78, 5) is 59.9. The average Bonchev–Trinajstić information content (AvgIpc) is 2.73. The second-order valence-corrected chi connectivity index (χ2v) is 7.99. The van der Waals surface area contributed by atoms with Gasteiger partial charge < -0.3 is 42.7 Å². The summed E-state index contributed by atoms with van der Waals surface area (Å²) in [6.45, 7) is 5.15. The number of nitrogens with two attached hydrogens (primary N) is 2. The number of aliphatic hydroxyl groups excluding tert-OH is 1. The fraction of sp³-hybridized carbons (Fsp3) is 0.750. The largest absolute Gasteiger partial charge is 0.481 e. The number of nitrogens with one attached hydrogen (secondary N) is 3. The van der Waals surface area contributed by atoms with Gasteiger partial charge in [-0.15, -0.1) is 0 Å². The zero-order valence-electron chi connectivity index (χ0n) is 19.2. The monoisotopic (exact) mass is 475 g/mol. The topological polar surface area (TPSA) is 234 Å². The van der Waals surface area contributed by atoms with Crippen LogP contribution in [0.3, 0.4) is 0 Å². The van der Waals surface area contributed by atoms with Crippen molar-refractivity contribution in [1.29, 1.82) is 0 Å². The molecule has 0 bridgehead atoms. The van der Waals surface area contributed by atoms with Crippen molar-refractivity contribution in [1.82, 2.24) is 16.0 Å². The van der Waals surface area contributed by atoms with Crippen molar-refractivity contribution in [3.63, 3.8) is 0 Å². The van der Waals surface area contributed by atoms with Crippen LogP contribution in [0.4, 0.5) is 0 Å². The number of unbranched alkanes of at least 4 members (excludes halogenated alkanes) is 1. The minimum Gasteiger partial charge on any atom is -0.481 e. The predicted octanol–water partition coefficient (Wildman–Crippen LogP) is -2.12. The van der Waals surface area contributed by atoms with E-state index in [1.165, 1.54) is 6.92 Å². The molecule has 0 aliphatic rings. The number of carboxylic acid groups (broad SMARTS) is 2. The molecule has 0 spiro atoms. The SMILES string of the molecule is CCC(C)C(NC(=O)C(N)CCCCN)C(=O)NC(C(=O)NC(CC(=O)O)C(=O)O)C(C)O. The first-order chi connectivity index (χ1) is 15.3. The van der Waals surface area contributed by atoms with Crippen LogP contribution in [0.2, 0.25) is 0 Å². The molecular formula is C20H37N5O8. The Bertz CT molecular complexity index is 687. The lowest BCUT2D eigenvalue weighted by Crippen LogP contribution is -2.61. The Morgan fingerprint density at radius 2 is 1.42 bits per heavy atom. The molecule has 0 saturated carbocycles. The molecule has 0 aliphatic carbocycles. The van der Waals surface area contributed by atoms with Crippen LogP contribution in [0.15, 0.2) is 0 Å². The normalized spacial score (nSPS) is 16.4. The van der Waals surface area contributed by atoms with E-state index in [9.17, 15) is 29.1 Å². The second-order valence-electron chi connectivity index (χ2n) is 7.99. The van der Waals surface area contributed by atoms with Gasteiger partial charge in [-0.2, -0.15) is 0 Å². The number of hydrogen-bond donors (Lipinski definition) is 8. The lowest BCUT2D eigenvalue weighted by molar-refractivity contribution is -0.148. The molecule has 0 heterocycles. The molecule has 13 heteroatoms. The van der Waals surface area contributed by atoms with Gasteiger partial charge in [0.1, 0.15) is 18.1 Å². The van der Waals surface area contributed by atoms with E-state index in [1.807, 2.05) is 5.32 Å². The molecule has 0 rings (SSSR count). The third kappa shape index (κ3) is 11.1. The zero-order valence-corrected chi connectivity index (χ0v) is 19.2. The zero-order chi connectivity index (χ0) is 25.7.